The van der Waals surface area contributed by atoms with E-state index in [0.29, 0.717) is 30.7 Å². The number of amides is 1. The summed E-state index contributed by atoms with van der Waals surface area (Å²) in [4.78, 5) is 16.2. The lowest BCUT2D eigenvalue weighted by atomic mass is 10.1. The van der Waals surface area contributed by atoms with E-state index in [0.717, 1.165) is 25.7 Å². The van der Waals surface area contributed by atoms with Crippen LogP contribution in [0, 0.1) is 5.82 Å². The number of nitrogens with zero attached hydrogens (tertiary/aromatic N) is 2. The van der Waals surface area contributed by atoms with Gasteiger partial charge >= 0.3 is 0 Å². The molecule has 0 aliphatic heterocycles. The quantitative estimate of drug-likeness (QED) is 0.837. The molecule has 2 aliphatic rings. The van der Waals surface area contributed by atoms with E-state index in [1.54, 1.807) is 12.1 Å². The van der Waals surface area contributed by atoms with Crippen molar-refractivity contribution in [3.63, 3.8) is 0 Å². The Kier molecular flexibility index (Phi) is 4.45. The number of halogens is 1. The summed E-state index contributed by atoms with van der Waals surface area (Å²) in [5, 5.41) is 10.3. The second-order valence-corrected chi connectivity index (χ2v) is 6.46. The average molecular weight is 306 g/mol. The number of hydrogen-bond donors (Lipinski definition) is 1. The third kappa shape index (κ3) is 3.84. The molecule has 1 amide bonds. The van der Waals surface area contributed by atoms with Gasteiger partial charge in [-0.05, 0) is 43.4 Å². The molecule has 0 heterocycles. The van der Waals surface area contributed by atoms with E-state index in [1.807, 2.05) is 11.9 Å². The second kappa shape index (κ2) is 6.34. The Balaban J connectivity index is 1.59. The molecule has 0 aromatic heterocycles. The van der Waals surface area contributed by atoms with Crippen molar-refractivity contribution in [1.29, 1.82) is 0 Å². The van der Waals surface area contributed by atoms with Crippen LogP contribution in [0.4, 0.5) is 4.39 Å². The van der Waals surface area contributed by atoms with Crippen LogP contribution in [-0.4, -0.2) is 53.0 Å². The van der Waals surface area contributed by atoms with E-state index in [9.17, 15) is 14.3 Å². The van der Waals surface area contributed by atoms with Gasteiger partial charge in [0.1, 0.15) is 5.82 Å². The van der Waals surface area contributed by atoms with Crippen LogP contribution in [0.25, 0.3) is 0 Å². The highest BCUT2D eigenvalue weighted by Gasteiger charge is 2.35. The maximum atomic E-state index is 13.0. The third-order valence-corrected chi connectivity index (χ3v) is 4.55. The summed E-state index contributed by atoms with van der Waals surface area (Å²) in [7, 11) is 1.86. The van der Waals surface area contributed by atoms with Gasteiger partial charge < -0.3 is 10.0 Å². The number of benzene rings is 1. The van der Waals surface area contributed by atoms with E-state index in [1.165, 1.54) is 12.1 Å². The first-order chi connectivity index (χ1) is 10.5. The molecule has 0 bridgehead atoms. The number of carbonyl (C=O) groups is 1. The molecule has 1 aromatic rings. The molecule has 2 fully saturated rings. The summed E-state index contributed by atoms with van der Waals surface area (Å²) in [5.74, 6) is -0.183. The molecule has 120 valence electrons. The third-order valence-electron chi connectivity index (χ3n) is 4.55. The highest BCUT2D eigenvalue weighted by molar-refractivity contribution is 5.78. The fraction of sp³-hybridized carbons (Fsp3) is 0.588. The minimum absolute atomic E-state index is 0.126. The molecule has 0 saturated heterocycles. The normalized spacial score (nSPS) is 19.3. The SMILES string of the molecule is CN(C(=O)CN(CC(O)c1ccc(F)cc1)C1CC1)C1CC1. The van der Waals surface area contributed by atoms with Gasteiger partial charge in [0.25, 0.3) is 0 Å². The minimum atomic E-state index is -0.694. The standard InChI is InChI=1S/C17H23FN2O2/c1-19(14-6-7-14)17(22)11-20(15-8-9-15)10-16(21)12-2-4-13(18)5-3-12/h2-5,14-16,21H,6-11H2,1H3. The summed E-state index contributed by atoms with van der Waals surface area (Å²) < 4.78 is 13.0. The van der Waals surface area contributed by atoms with Gasteiger partial charge in [-0.2, -0.15) is 0 Å². The molecule has 1 unspecified atom stereocenters. The predicted octanol–water partition coefficient (Wildman–Crippen LogP) is 1.94. The lowest BCUT2D eigenvalue weighted by Crippen LogP contribution is -2.42. The zero-order valence-corrected chi connectivity index (χ0v) is 12.9. The molecular weight excluding hydrogens is 283 g/mol. The van der Waals surface area contributed by atoms with Gasteiger partial charge in [0.05, 0.1) is 12.6 Å². The monoisotopic (exact) mass is 306 g/mol. The Bertz CT molecular complexity index is 526. The molecular formula is C17H23FN2O2. The summed E-state index contributed by atoms with van der Waals surface area (Å²) in [6.07, 6.45) is 3.67. The number of likely N-dealkylation sites (N-methyl/N-ethyl adjacent to an activating group) is 1. The van der Waals surface area contributed by atoms with Crippen molar-refractivity contribution >= 4 is 5.91 Å². The van der Waals surface area contributed by atoms with Gasteiger partial charge in [0.15, 0.2) is 0 Å². The summed E-state index contributed by atoms with van der Waals surface area (Å²) in [6, 6.07) is 6.71. The summed E-state index contributed by atoms with van der Waals surface area (Å²) >= 11 is 0. The smallest absolute Gasteiger partial charge is 0.236 e. The molecule has 2 aliphatic carbocycles. The van der Waals surface area contributed by atoms with E-state index in [4.69, 9.17) is 0 Å². The lowest BCUT2D eigenvalue weighted by Gasteiger charge is -2.27. The van der Waals surface area contributed by atoms with Crippen LogP contribution in [0.5, 0.6) is 0 Å². The van der Waals surface area contributed by atoms with Crippen LogP contribution < -0.4 is 0 Å². The van der Waals surface area contributed by atoms with E-state index < -0.39 is 6.10 Å². The Labute approximate surface area is 130 Å². The molecule has 5 heteroatoms. The zero-order chi connectivity index (χ0) is 15.7. The van der Waals surface area contributed by atoms with Crippen LogP contribution in [-0.2, 0) is 4.79 Å². The molecule has 22 heavy (non-hydrogen) atoms. The van der Waals surface area contributed by atoms with Gasteiger partial charge in [0.2, 0.25) is 5.91 Å². The van der Waals surface area contributed by atoms with Crippen molar-refractivity contribution in [2.24, 2.45) is 0 Å². The van der Waals surface area contributed by atoms with E-state index in [2.05, 4.69) is 4.90 Å². The molecule has 1 aromatic carbocycles. The van der Waals surface area contributed by atoms with Crippen molar-refractivity contribution < 1.29 is 14.3 Å². The van der Waals surface area contributed by atoms with Gasteiger partial charge in [-0.15, -0.1) is 0 Å². The molecule has 1 atom stereocenters. The highest BCUT2D eigenvalue weighted by Crippen LogP contribution is 2.30. The first kappa shape index (κ1) is 15.4. The highest BCUT2D eigenvalue weighted by atomic mass is 19.1. The van der Waals surface area contributed by atoms with Gasteiger partial charge in [-0.1, -0.05) is 12.1 Å². The Morgan fingerprint density at radius 1 is 1.23 bits per heavy atom. The van der Waals surface area contributed by atoms with Gasteiger partial charge in [0, 0.05) is 25.7 Å². The number of aliphatic hydroxyl groups is 1. The maximum Gasteiger partial charge on any atom is 0.236 e. The van der Waals surface area contributed by atoms with Crippen molar-refractivity contribution in [2.45, 2.75) is 43.9 Å². The predicted molar refractivity (Wildman–Crippen MR) is 81.7 cm³/mol. The Hall–Kier alpha value is -1.46. The number of aliphatic hydroxyl groups excluding tert-OH is 1. The lowest BCUT2D eigenvalue weighted by molar-refractivity contribution is -0.132. The Morgan fingerprint density at radius 3 is 2.36 bits per heavy atom. The van der Waals surface area contributed by atoms with Crippen molar-refractivity contribution in [3.8, 4) is 0 Å². The van der Waals surface area contributed by atoms with Gasteiger partial charge in [-0.3, -0.25) is 9.69 Å². The first-order valence-corrected chi connectivity index (χ1v) is 7.98. The van der Waals surface area contributed by atoms with Crippen molar-refractivity contribution in [3.05, 3.63) is 35.6 Å². The Morgan fingerprint density at radius 2 is 1.82 bits per heavy atom. The fourth-order valence-corrected chi connectivity index (χ4v) is 2.75. The van der Waals surface area contributed by atoms with Crippen molar-refractivity contribution in [1.82, 2.24) is 9.80 Å². The summed E-state index contributed by atoms with van der Waals surface area (Å²) in [5.41, 5.74) is 0.690. The molecule has 0 spiro atoms. The molecule has 3 rings (SSSR count). The van der Waals surface area contributed by atoms with E-state index in [-0.39, 0.29) is 11.7 Å². The maximum absolute atomic E-state index is 13.0. The number of rotatable bonds is 7. The molecule has 0 radical (unpaired) electrons. The molecule has 2 saturated carbocycles. The zero-order valence-electron chi connectivity index (χ0n) is 12.9. The van der Waals surface area contributed by atoms with Crippen LogP contribution in [0.1, 0.15) is 37.4 Å². The topological polar surface area (TPSA) is 43.8 Å². The molecule has 1 N–H and O–H groups in total. The van der Waals surface area contributed by atoms with E-state index >= 15 is 0 Å². The average Bonchev–Trinajstić information content (AvgIpc) is 3.39. The second-order valence-electron chi connectivity index (χ2n) is 6.46. The van der Waals surface area contributed by atoms with Crippen molar-refractivity contribution in [2.75, 3.05) is 20.1 Å². The summed E-state index contributed by atoms with van der Waals surface area (Å²) in [6.45, 7) is 0.774. The van der Waals surface area contributed by atoms with Crippen LogP contribution in [0.2, 0.25) is 0 Å². The fourth-order valence-electron chi connectivity index (χ4n) is 2.75. The minimum Gasteiger partial charge on any atom is -0.387 e. The first-order valence-electron chi connectivity index (χ1n) is 7.98. The number of carbonyl (C=O) groups excluding carboxylic acids is 1. The van der Waals surface area contributed by atoms with Crippen LogP contribution in [0.3, 0.4) is 0 Å². The molecule has 4 nitrogen and oxygen atoms in total. The number of hydrogen-bond acceptors (Lipinski definition) is 3. The largest absolute Gasteiger partial charge is 0.387 e. The van der Waals surface area contributed by atoms with Gasteiger partial charge in [-0.25, -0.2) is 4.39 Å². The van der Waals surface area contributed by atoms with Crippen LogP contribution >= 0.6 is 0 Å². The van der Waals surface area contributed by atoms with Crippen LogP contribution in [0.15, 0.2) is 24.3 Å².